The zero-order valence-corrected chi connectivity index (χ0v) is 17.7. The first-order chi connectivity index (χ1) is 16.2. The van der Waals surface area contributed by atoms with E-state index < -0.39 is 0 Å². The minimum absolute atomic E-state index is 0.168. The minimum atomic E-state index is -0.168. The molecule has 1 N–H and O–H groups in total. The van der Waals surface area contributed by atoms with Crippen molar-refractivity contribution in [2.45, 2.75) is 13.5 Å². The van der Waals surface area contributed by atoms with E-state index in [4.69, 9.17) is 9.15 Å². The molecule has 0 bridgehead atoms. The van der Waals surface area contributed by atoms with Crippen molar-refractivity contribution < 1.29 is 13.9 Å². The maximum Gasteiger partial charge on any atom is 0.251 e. The maximum absolute atomic E-state index is 12.8. The third kappa shape index (κ3) is 4.27. The van der Waals surface area contributed by atoms with Crippen LogP contribution in [0.1, 0.15) is 21.5 Å². The Bertz CT molecular complexity index is 1420. The average Bonchev–Trinajstić information content (AvgIpc) is 3.39. The lowest BCUT2D eigenvalue weighted by Crippen LogP contribution is -2.23. The van der Waals surface area contributed by atoms with Crippen molar-refractivity contribution in [3.05, 3.63) is 96.3 Å². The summed E-state index contributed by atoms with van der Waals surface area (Å²) in [4.78, 5) is 21.2. The van der Waals surface area contributed by atoms with Crippen LogP contribution in [0.5, 0.6) is 11.5 Å². The molecular weight excluding hydrogens is 418 g/mol. The van der Waals surface area contributed by atoms with E-state index in [2.05, 4.69) is 25.5 Å². The number of carbonyl (C=O) groups excluding carboxylic acids is 1. The molecule has 0 spiro atoms. The van der Waals surface area contributed by atoms with Gasteiger partial charge in [0.2, 0.25) is 12.3 Å². The summed E-state index contributed by atoms with van der Waals surface area (Å²) in [5, 5.41) is 11.4. The Balaban J connectivity index is 1.40. The molecule has 5 rings (SSSR count). The summed E-state index contributed by atoms with van der Waals surface area (Å²) < 4.78 is 11.5. The number of aromatic nitrogens is 4. The highest BCUT2D eigenvalue weighted by Gasteiger charge is 2.15. The van der Waals surface area contributed by atoms with Gasteiger partial charge in [0.15, 0.2) is 0 Å². The molecule has 8 nitrogen and oxygen atoms in total. The SMILES string of the molecule is Cc1c(Oc2ccnc3cc(-c4nnco4)ccc23)cccc1C(=O)NCc1ccncc1. The van der Waals surface area contributed by atoms with E-state index in [1.807, 2.05) is 43.3 Å². The summed E-state index contributed by atoms with van der Waals surface area (Å²) in [6, 6.07) is 16.6. The van der Waals surface area contributed by atoms with Crippen LogP contribution in [0.2, 0.25) is 0 Å². The lowest BCUT2D eigenvalue weighted by Gasteiger charge is -2.14. The van der Waals surface area contributed by atoms with Gasteiger partial charge in [0.1, 0.15) is 11.5 Å². The van der Waals surface area contributed by atoms with Gasteiger partial charge in [0, 0.05) is 47.2 Å². The zero-order valence-electron chi connectivity index (χ0n) is 17.7. The molecule has 5 aromatic rings. The molecule has 3 heterocycles. The van der Waals surface area contributed by atoms with Gasteiger partial charge in [0.05, 0.1) is 5.52 Å². The summed E-state index contributed by atoms with van der Waals surface area (Å²) in [6.07, 6.45) is 6.36. The fraction of sp³-hybridized carbons (Fsp3) is 0.0800. The number of fused-ring (bicyclic) bond motifs is 1. The van der Waals surface area contributed by atoms with Crippen molar-refractivity contribution in [3.63, 3.8) is 0 Å². The number of carbonyl (C=O) groups is 1. The van der Waals surface area contributed by atoms with Crippen LogP contribution in [-0.2, 0) is 6.54 Å². The summed E-state index contributed by atoms with van der Waals surface area (Å²) >= 11 is 0. The summed E-state index contributed by atoms with van der Waals surface area (Å²) in [7, 11) is 0. The Hall–Kier alpha value is -4.59. The van der Waals surface area contributed by atoms with Gasteiger partial charge in [-0.1, -0.05) is 6.07 Å². The first kappa shape index (κ1) is 20.3. The van der Waals surface area contributed by atoms with E-state index in [-0.39, 0.29) is 5.91 Å². The van der Waals surface area contributed by atoms with Gasteiger partial charge in [-0.2, -0.15) is 0 Å². The van der Waals surface area contributed by atoms with Gasteiger partial charge in [-0.15, -0.1) is 10.2 Å². The normalized spacial score (nSPS) is 10.8. The molecule has 0 saturated carbocycles. The monoisotopic (exact) mass is 437 g/mol. The van der Waals surface area contributed by atoms with E-state index in [9.17, 15) is 4.79 Å². The van der Waals surface area contributed by atoms with Crippen LogP contribution in [0, 0.1) is 6.92 Å². The molecule has 3 aromatic heterocycles. The summed E-state index contributed by atoms with van der Waals surface area (Å²) in [6.45, 7) is 2.29. The Morgan fingerprint density at radius 3 is 2.73 bits per heavy atom. The van der Waals surface area contributed by atoms with Crippen LogP contribution in [0.15, 0.2) is 84.0 Å². The van der Waals surface area contributed by atoms with Crippen molar-refractivity contribution in [2.24, 2.45) is 0 Å². The van der Waals surface area contributed by atoms with E-state index in [0.29, 0.717) is 29.5 Å². The van der Waals surface area contributed by atoms with Gasteiger partial charge < -0.3 is 14.5 Å². The Kier molecular flexibility index (Phi) is 5.47. The fourth-order valence-corrected chi connectivity index (χ4v) is 3.51. The second kappa shape index (κ2) is 8.88. The largest absolute Gasteiger partial charge is 0.456 e. The Morgan fingerprint density at radius 2 is 1.91 bits per heavy atom. The summed E-state index contributed by atoms with van der Waals surface area (Å²) in [5.74, 6) is 1.49. The van der Waals surface area contributed by atoms with Gasteiger partial charge >= 0.3 is 0 Å². The van der Waals surface area contributed by atoms with Crippen LogP contribution in [0.3, 0.4) is 0 Å². The quantitative estimate of drug-likeness (QED) is 0.410. The van der Waals surface area contributed by atoms with Crippen LogP contribution < -0.4 is 10.1 Å². The lowest BCUT2D eigenvalue weighted by molar-refractivity contribution is 0.0950. The zero-order chi connectivity index (χ0) is 22.6. The number of hydrogen-bond donors (Lipinski definition) is 1. The molecule has 2 aromatic carbocycles. The molecule has 0 saturated heterocycles. The fourth-order valence-electron chi connectivity index (χ4n) is 3.51. The first-order valence-electron chi connectivity index (χ1n) is 10.3. The van der Waals surface area contributed by atoms with Gasteiger partial charge in [-0.05, 0) is 61.0 Å². The van der Waals surface area contributed by atoms with Crippen LogP contribution >= 0.6 is 0 Å². The van der Waals surface area contributed by atoms with Crippen molar-refractivity contribution in [3.8, 4) is 23.0 Å². The second-order valence-electron chi connectivity index (χ2n) is 7.35. The lowest BCUT2D eigenvalue weighted by atomic mass is 10.1. The molecule has 0 aliphatic heterocycles. The molecule has 1 amide bonds. The Labute approximate surface area is 189 Å². The number of pyridine rings is 2. The standard InChI is InChI=1S/C25H19N5O3/c1-16-19(24(31)28-14-17-7-10-26-11-8-17)3-2-4-22(16)33-23-9-12-27-21-13-18(5-6-20(21)23)25-30-29-15-32-25/h2-13,15H,14H2,1H3,(H,28,31). The molecule has 0 aliphatic rings. The summed E-state index contributed by atoms with van der Waals surface area (Å²) in [5.41, 5.74) is 3.78. The predicted octanol–water partition coefficient (Wildman–Crippen LogP) is 4.71. The number of nitrogens with zero attached hydrogens (tertiary/aromatic N) is 4. The van der Waals surface area contributed by atoms with Gasteiger partial charge in [0.25, 0.3) is 5.91 Å². The van der Waals surface area contributed by atoms with Crippen molar-refractivity contribution in [1.29, 1.82) is 0 Å². The van der Waals surface area contributed by atoms with Crippen molar-refractivity contribution >= 4 is 16.8 Å². The molecule has 0 unspecified atom stereocenters. The smallest absolute Gasteiger partial charge is 0.251 e. The predicted molar refractivity (Wildman–Crippen MR) is 122 cm³/mol. The van der Waals surface area contributed by atoms with Crippen molar-refractivity contribution in [2.75, 3.05) is 0 Å². The molecule has 0 atom stereocenters. The highest BCUT2D eigenvalue weighted by atomic mass is 16.5. The second-order valence-corrected chi connectivity index (χ2v) is 7.35. The number of ether oxygens (including phenoxy) is 1. The molecule has 0 aliphatic carbocycles. The number of hydrogen-bond acceptors (Lipinski definition) is 7. The minimum Gasteiger partial charge on any atom is -0.456 e. The molecular formula is C25H19N5O3. The molecule has 162 valence electrons. The maximum atomic E-state index is 12.8. The van der Waals surface area contributed by atoms with Crippen molar-refractivity contribution in [1.82, 2.24) is 25.5 Å². The Morgan fingerprint density at radius 1 is 1.03 bits per heavy atom. The first-order valence-corrected chi connectivity index (χ1v) is 10.3. The average molecular weight is 437 g/mol. The van der Waals surface area contributed by atoms with Crippen LogP contribution in [0.4, 0.5) is 0 Å². The molecule has 0 radical (unpaired) electrons. The van der Waals surface area contributed by atoms with Gasteiger partial charge in [-0.25, -0.2) is 0 Å². The van der Waals surface area contributed by atoms with E-state index in [0.717, 1.165) is 27.6 Å². The molecule has 8 heteroatoms. The van der Waals surface area contributed by atoms with Gasteiger partial charge in [-0.3, -0.25) is 14.8 Å². The van der Waals surface area contributed by atoms with E-state index >= 15 is 0 Å². The van der Waals surface area contributed by atoms with Crippen LogP contribution in [0.25, 0.3) is 22.4 Å². The van der Waals surface area contributed by atoms with E-state index in [1.165, 1.54) is 6.39 Å². The topological polar surface area (TPSA) is 103 Å². The van der Waals surface area contributed by atoms with E-state index in [1.54, 1.807) is 36.8 Å². The number of benzene rings is 2. The third-order valence-corrected chi connectivity index (χ3v) is 5.26. The number of amides is 1. The number of rotatable bonds is 6. The third-order valence-electron chi connectivity index (χ3n) is 5.26. The van der Waals surface area contributed by atoms with Crippen LogP contribution in [-0.4, -0.2) is 26.1 Å². The highest BCUT2D eigenvalue weighted by Crippen LogP contribution is 2.33. The molecule has 33 heavy (non-hydrogen) atoms. The number of nitrogens with one attached hydrogen (secondary N) is 1. The highest BCUT2D eigenvalue weighted by molar-refractivity contribution is 5.96. The molecule has 0 fully saturated rings.